The zero-order valence-electron chi connectivity index (χ0n) is 23.0. The van der Waals surface area contributed by atoms with Gasteiger partial charge >= 0.3 is 5.97 Å². The van der Waals surface area contributed by atoms with Gasteiger partial charge in [0.2, 0.25) is 0 Å². The fourth-order valence-corrected chi connectivity index (χ4v) is 9.90. The van der Waals surface area contributed by atoms with E-state index in [0.29, 0.717) is 28.8 Å². The van der Waals surface area contributed by atoms with Crippen LogP contribution in [-0.4, -0.2) is 23.8 Å². The Morgan fingerprint density at radius 1 is 1.09 bits per heavy atom. The van der Waals surface area contributed by atoms with Crippen molar-refractivity contribution in [3.05, 3.63) is 11.6 Å². The first-order valence-corrected chi connectivity index (χ1v) is 14.6. The van der Waals surface area contributed by atoms with E-state index < -0.39 is 0 Å². The highest BCUT2D eigenvalue weighted by molar-refractivity contribution is 5.66. The first-order chi connectivity index (χ1) is 16.0. The van der Waals surface area contributed by atoms with Gasteiger partial charge in [-0.15, -0.1) is 0 Å². The van der Waals surface area contributed by atoms with Crippen molar-refractivity contribution in [3.63, 3.8) is 0 Å². The maximum Gasteiger partial charge on any atom is 0.302 e. The Kier molecular flexibility index (Phi) is 6.31. The molecule has 3 saturated carbocycles. The van der Waals surface area contributed by atoms with Crippen LogP contribution in [-0.2, 0) is 14.3 Å². The lowest BCUT2D eigenvalue weighted by molar-refractivity contribution is -0.152. The molecule has 0 radical (unpaired) electrons. The predicted octanol–water partition coefficient (Wildman–Crippen LogP) is 7.73. The van der Waals surface area contributed by atoms with E-state index >= 15 is 0 Å². The van der Waals surface area contributed by atoms with Gasteiger partial charge in [-0.1, -0.05) is 46.3 Å². The highest BCUT2D eigenvalue weighted by Gasteiger charge is 2.59. The molecule has 10 atom stereocenters. The maximum atomic E-state index is 11.5. The molecule has 10 unspecified atom stereocenters. The summed E-state index contributed by atoms with van der Waals surface area (Å²) in [5.74, 6) is 4.36. The summed E-state index contributed by atoms with van der Waals surface area (Å²) in [6.45, 7) is 16.3. The summed E-state index contributed by atoms with van der Waals surface area (Å²) < 4.78 is 11.8. The van der Waals surface area contributed by atoms with Crippen molar-refractivity contribution >= 4 is 5.97 Å². The number of hydrogen-bond acceptors (Lipinski definition) is 3. The molecule has 4 aliphatic carbocycles. The molecule has 1 heterocycles. The van der Waals surface area contributed by atoms with E-state index in [1.807, 2.05) is 5.57 Å². The molecule has 1 saturated heterocycles. The van der Waals surface area contributed by atoms with Crippen LogP contribution in [0.2, 0.25) is 0 Å². The third-order valence-corrected chi connectivity index (χ3v) is 12.1. The minimum Gasteiger partial charge on any atom is -0.463 e. The van der Waals surface area contributed by atoms with Gasteiger partial charge in [0.15, 0.2) is 0 Å². The van der Waals surface area contributed by atoms with Crippen molar-refractivity contribution in [2.24, 2.45) is 46.3 Å². The second-order valence-corrected chi connectivity index (χ2v) is 13.9. The number of carbonyl (C=O) groups excluding carboxylic acids is 1. The Hall–Kier alpha value is -0.830. The number of esters is 1. The number of fused-ring (bicyclic) bond motifs is 5. The van der Waals surface area contributed by atoms with Crippen LogP contribution in [0.25, 0.3) is 0 Å². The first-order valence-electron chi connectivity index (χ1n) is 14.6. The highest BCUT2D eigenvalue weighted by atomic mass is 16.6. The molecule has 0 aromatic rings. The van der Waals surface area contributed by atoms with Gasteiger partial charge < -0.3 is 9.47 Å². The quantitative estimate of drug-likeness (QED) is 0.226. The Labute approximate surface area is 208 Å². The van der Waals surface area contributed by atoms with E-state index in [-0.39, 0.29) is 17.7 Å². The maximum absolute atomic E-state index is 11.5. The van der Waals surface area contributed by atoms with E-state index in [2.05, 4.69) is 47.6 Å². The van der Waals surface area contributed by atoms with E-state index in [9.17, 15) is 4.79 Å². The molecule has 3 nitrogen and oxygen atoms in total. The Morgan fingerprint density at radius 3 is 2.41 bits per heavy atom. The highest BCUT2D eigenvalue weighted by Crippen LogP contribution is 2.67. The van der Waals surface area contributed by atoms with Crippen molar-refractivity contribution in [2.75, 3.05) is 0 Å². The van der Waals surface area contributed by atoms with E-state index in [1.54, 1.807) is 6.92 Å². The van der Waals surface area contributed by atoms with E-state index in [4.69, 9.17) is 9.47 Å². The Balaban J connectivity index is 1.28. The standard InChI is InChI=1S/C31H50O3/c1-19(2)31(21(4)34-31)17-12-20(3)26-10-11-27-25-9-8-23-18-24(33-22(5)32)13-15-29(23,6)28(25)14-16-30(26,27)7/h9,19-21,23-24,26-28H,8,10-18H2,1-7H3. The number of hydrogen-bond donors (Lipinski definition) is 0. The number of ether oxygens (including phenoxy) is 2. The van der Waals surface area contributed by atoms with Crippen molar-refractivity contribution in [1.29, 1.82) is 0 Å². The van der Waals surface area contributed by atoms with Gasteiger partial charge in [0.05, 0.1) is 11.7 Å². The molecule has 5 aliphatic rings. The topological polar surface area (TPSA) is 38.8 Å². The summed E-state index contributed by atoms with van der Waals surface area (Å²) in [5, 5.41) is 0. The largest absolute Gasteiger partial charge is 0.463 e. The molecular formula is C31H50O3. The van der Waals surface area contributed by atoms with Crippen molar-refractivity contribution in [1.82, 2.24) is 0 Å². The van der Waals surface area contributed by atoms with Crippen LogP contribution in [0.15, 0.2) is 11.6 Å². The molecule has 3 heteroatoms. The summed E-state index contributed by atoms with van der Waals surface area (Å²) in [7, 11) is 0. The molecule has 5 rings (SSSR count). The van der Waals surface area contributed by atoms with Crippen LogP contribution < -0.4 is 0 Å². The molecule has 1 aliphatic heterocycles. The number of carbonyl (C=O) groups is 1. The van der Waals surface area contributed by atoms with Crippen LogP contribution in [0.4, 0.5) is 0 Å². The van der Waals surface area contributed by atoms with Gasteiger partial charge in [-0.2, -0.15) is 0 Å². The second kappa shape index (κ2) is 8.63. The molecular weight excluding hydrogens is 420 g/mol. The summed E-state index contributed by atoms with van der Waals surface area (Å²) in [4.78, 5) is 11.5. The summed E-state index contributed by atoms with van der Waals surface area (Å²) in [5.41, 5.74) is 2.87. The fraction of sp³-hybridized carbons (Fsp3) is 0.903. The molecule has 0 N–H and O–H groups in total. The smallest absolute Gasteiger partial charge is 0.302 e. The van der Waals surface area contributed by atoms with Gasteiger partial charge in [0.1, 0.15) is 6.10 Å². The van der Waals surface area contributed by atoms with Crippen LogP contribution >= 0.6 is 0 Å². The number of rotatable bonds is 6. The first kappa shape index (κ1) is 24.8. The van der Waals surface area contributed by atoms with Crippen molar-refractivity contribution < 1.29 is 14.3 Å². The normalized spacial score (nSPS) is 48.4. The lowest BCUT2D eigenvalue weighted by atomic mass is 9.47. The molecule has 4 fully saturated rings. The van der Waals surface area contributed by atoms with E-state index in [1.165, 1.54) is 51.4 Å². The minimum absolute atomic E-state index is 0.109. The zero-order chi connectivity index (χ0) is 24.5. The van der Waals surface area contributed by atoms with E-state index in [0.717, 1.165) is 36.5 Å². The molecule has 0 amide bonds. The van der Waals surface area contributed by atoms with Gasteiger partial charge in [-0.3, -0.25) is 4.79 Å². The van der Waals surface area contributed by atoms with Gasteiger partial charge in [0.25, 0.3) is 0 Å². The molecule has 34 heavy (non-hydrogen) atoms. The summed E-state index contributed by atoms with van der Waals surface area (Å²) in [6, 6.07) is 0. The minimum atomic E-state index is -0.109. The van der Waals surface area contributed by atoms with Gasteiger partial charge in [-0.25, -0.2) is 0 Å². The van der Waals surface area contributed by atoms with Crippen LogP contribution in [0.5, 0.6) is 0 Å². The molecule has 0 bridgehead atoms. The third-order valence-electron chi connectivity index (χ3n) is 12.1. The second-order valence-electron chi connectivity index (χ2n) is 13.9. The van der Waals surface area contributed by atoms with Crippen molar-refractivity contribution in [3.8, 4) is 0 Å². The lowest BCUT2D eigenvalue weighted by Gasteiger charge is -2.58. The SMILES string of the molecule is CC(=O)OC1CCC2(C)C(CC=C3C2CCC2(C)C3CCC2C(C)CCC2(C(C)C)OC2C)C1. The zero-order valence-corrected chi connectivity index (χ0v) is 23.0. The number of epoxide rings is 1. The van der Waals surface area contributed by atoms with Crippen LogP contribution in [0.1, 0.15) is 113 Å². The van der Waals surface area contributed by atoms with Crippen LogP contribution in [0, 0.1) is 46.3 Å². The molecule has 0 spiro atoms. The molecule has 192 valence electrons. The number of allylic oxidation sites excluding steroid dienone is 2. The molecule has 0 aromatic heterocycles. The summed E-state index contributed by atoms with van der Waals surface area (Å²) >= 11 is 0. The van der Waals surface area contributed by atoms with Gasteiger partial charge in [-0.05, 0) is 117 Å². The van der Waals surface area contributed by atoms with Crippen LogP contribution in [0.3, 0.4) is 0 Å². The average Bonchev–Trinajstić information content (AvgIpc) is 3.30. The molecule has 0 aromatic carbocycles. The summed E-state index contributed by atoms with van der Waals surface area (Å²) in [6.07, 6.45) is 15.9. The third kappa shape index (κ3) is 3.82. The Bertz CT molecular complexity index is 831. The predicted molar refractivity (Wildman–Crippen MR) is 137 cm³/mol. The van der Waals surface area contributed by atoms with Gasteiger partial charge in [0, 0.05) is 6.92 Å². The average molecular weight is 471 g/mol. The fourth-order valence-electron chi connectivity index (χ4n) is 9.90. The Morgan fingerprint density at radius 2 is 1.76 bits per heavy atom. The van der Waals surface area contributed by atoms with Crippen molar-refractivity contribution in [2.45, 2.75) is 130 Å². The lowest BCUT2D eigenvalue weighted by Crippen LogP contribution is -2.50. The monoisotopic (exact) mass is 470 g/mol.